The zero-order chi connectivity index (χ0) is 23.1. The normalized spacial score (nSPS) is 11.9. The third kappa shape index (κ3) is 6.23. The number of carboxylic acids is 1. The Labute approximate surface area is 179 Å². The van der Waals surface area contributed by atoms with E-state index in [1.807, 2.05) is 0 Å². The standard InChI is InChI=1S/C19H17F3N6O4/c1-12(25-32-10-13-2-5-15(6-3-13)19(20,21)22)14-4-7-17(23-8-14)31-11-16-24-26-27-28(16)9-18(29)30/h2-8H,9-11H2,1H3,(H,29,30)/b25-12+. The predicted octanol–water partition coefficient (Wildman–Crippen LogP) is 2.69. The van der Waals surface area contributed by atoms with E-state index in [9.17, 15) is 18.0 Å². The van der Waals surface area contributed by atoms with Crippen molar-refractivity contribution < 1.29 is 32.6 Å². The second kappa shape index (κ2) is 9.85. The third-order valence-corrected chi connectivity index (χ3v) is 4.11. The maximum atomic E-state index is 12.6. The van der Waals surface area contributed by atoms with E-state index in [-0.39, 0.29) is 31.5 Å². The van der Waals surface area contributed by atoms with Gasteiger partial charge in [0.1, 0.15) is 13.2 Å². The first kappa shape index (κ1) is 22.7. The van der Waals surface area contributed by atoms with Crippen molar-refractivity contribution in [2.45, 2.75) is 32.9 Å². The van der Waals surface area contributed by atoms with E-state index in [2.05, 4.69) is 25.7 Å². The average molecular weight is 450 g/mol. The van der Waals surface area contributed by atoms with Gasteiger partial charge in [0.2, 0.25) is 5.88 Å². The number of oxime groups is 1. The Kier molecular flexibility index (Phi) is 6.97. The number of tetrazole rings is 1. The molecule has 0 atom stereocenters. The van der Waals surface area contributed by atoms with Gasteiger partial charge in [0.05, 0.1) is 11.3 Å². The van der Waals surface area contributed by atoms with Crippen LogP contribution < -0.4 is 4.74 Å². The summed E-state index contributed by atoms with van der Waals surface area (Å²) in [6, 6.07) is 7.89. The van der Waals surface area contributed by atoms with Gasteiger partial charge in [-0.25, -0.2) is 9.67 Å². The first-order chi connectivity index (χ1) is 15.2. The summed E-state index contributed by atoms with van der Waals surface area (Å²) < 4.78 is 44.3. The van der Waals surface area contributed by atoms with Gasteiger partial charge in [0, 0.05) is 17.8 Å². The number of halogens is 3. The molecule has 0 saturated heterocycles. The molecule has 0 bridgehead atoms. The molecule has 0 amide bonds. The largest absolute Gasteiger partial charge is 0.480 e. The minimum Gasteiger partial charge on any atom is -0.480 e. The number of alkyl halides is 3. The maximum absolute atomic E-state index is 12.6. The van der Waals surface area contributed by atoms with Crippen LogP contribution in [0.15, 0.2) is 47.8 Å². The molecule has 0 radical (unpaired) electrons. The van der Waals surface area contributed by atoms with Crippen molar-refractivity contribution in [2.24, 2.45) is 5.16 Å². The fourth-order valence-electron chi connectivity index (χ4n) is 2.44. The number of pyridine rings is 1. The number of nitrogens with zero attached hydrogens (tertiary/aromatic N) is 6. The fraction of sp³-hybridized carbons (Fsp3) is 0.263. The number of aliphatic carboxylic acids is 1. The number of ether oxygens (including phenoxy) is 1. The smallest absolute Gasteiger partial charge is 0.416 e. The lowest BCUT2D eigenvalue weighted by Crippen LogP contribution is -2.15. The van der Waals surface area contributed by atoms with Crippen molar-refractivity contribution in [3.63, 3.8) is 0 Å². The number of aromatic nitrogens is 5. The van der Waals surface area contributed by atoms with Crippen LogP contribution >= 0.6 is 0 Å². The molecule has 0 spiro atoms. The molecule has 168 valence electrons. The quantitative estimate of drug-likeness (QED) is 0.390. The minimum absolute atomic E-state index is 0.00909. The molecule has 0 aliphatic heterocycles. The summed E-state index contributed by atoms with van der Waals surface area (Å²) >= 11 is 0. The Morgan fingerprint density at radius 2 is 1.91 bits per heavy atom. The van der Waals surface area contributed by atoms with Crippen molar-refractivity contribution >= 4 is 11.7 Å². The topological polar surface area (TPSA) is 125 Å². The lowest BCUT2D eigenvalue weighted by Gasteiger charge is -2.08. The molecule has 10 nitrogen and oxygen atoms in total. The van der Waals surface area contributed by atoms with Crippen LogP contribution in [0.1, 0.15) is 29.4 Å². The summed E-state index contributed by atoms with van der Waals surface area (Å²) in [5, 5.41) is 23.4. The summed E-state index contributed by atoms with van der Waals surface area (Å²) in [7, 11) is 0. The summed E-state index contributed by atoms with van der Waals surface area (Å²) in [6.45, 7) is 1.23. The van der Waals surface area contributed by atoms with Crippen LogP contribution in [0.2, 0.25) is 0 Å². The SMILES string of the molecule is C/C(=N\OCc1ccc(C(F)(F)F)cc1)c1ccc(OCc2nnnn2CC(=O)O)nc1. The second-order valence-electron chi connectivity index (χ2n) is 6.47. The third-order valence-electron chi connectivity index (χ3n) is 4.11. The van der Waals surface area contributed by atoms with E-state index in [4.69, 9.17) is 14.7 Å². The number of rotatable bonds is 9. The van der Waals surface area contributed by atoms with Gasteiger partial charge in [-0.2, -0.15) is 13.2 Å². The van der Waals surface area contributed by atoms with Crippen molar-refractivity contribution in [3.8, 4) is 5.88 Å². The zero-order valence-corrected chi connectivity index (χ0v) is 16.7. The first-order valence-corrected chi connectivity index (χ1v) is 9.11. The van der Waals surface area contributed by atoms with E-state index in [0.717, 1.165) is 16.8 Å². The molecular weight excluding hydrogens is 433 g/mol. The van der Waals surface area contributed by atoms with Crippen molar-refractivity contribution in [1.29, 1.82) is 0 Å². The second-order valence-corrected chi connectivity index (χ2v) is 6.47. The predicted molar refractivity (Wildman–Crippen MR) is 102 cm³/mol. The van der Waals surface area contributed by atoms with E-state index in [0.29, 0.717) is 16.8 Å². The Morgan fingerprint density at radius 3 is 2.53 bits per heavy atom. The highest BCUT2D eigenvalue weighted by Gasteiger charge is 2.29. The van der Waals surface area contributed by atoms with Crippen LogP contribution in [0.3, 0.4) is 0 Å². The molecule has 1 N–H and O–H groups in total. The Bertz CT molecular complexity index is 1080. The van der Waals surface area contributed by atoms with Crippen LogP contribution in [0.25, 0.3) is 0 Å². The highest BCUT2D eigenvalue weighted by atomic mass is 19.4. The Hall–Kier alpha value is -4.03. The number of carboxylic acid groups (broad SMARTS) is 1. The number of carbonyl (C=O) groups is 1. The molecule has 1 aromatic carbocycles. The average Bonchev–Trinajstić information content (AvgIpc) is 3.18. The lowest BCUT2D eigenvalue weighted by molar-refractivity contribution is -0.138. The van der Waals surface area contributed by atoms with Crippen LogP contribution in [0, 0.1) is 0 Å². The maximum Gasteiger partial charge on any atom is 0.416 e. The van der Waals surface area contributed by atoms with Gasteiger partial charge in [-0.15, -0.1) is 5.10 Å². The van der Waals surface area contributed by atoms with Crippen LogP contribution in [-0.4, -0.2) is 42.0 Å². The summed E-state index contributed by atoms with van der Waals surface area (Å²) in [5.74, 6) is -0.596. The van der Waals surface area contributed by atoms with Gasteiger partial charge in [-0.3, -0.25) is 4.79 Å². The van der Waals surface area contributed by atoms with Crippen molar-refractivity contribution in [3.05, 3.63) is 65.1 Å². The highest BCUT2D eigenvalue weighted by molar-refractivity contribution is 5.98. The molecule has 3 rings (SSSR count). The molecule has 0 aliphatic rings. The fourth-order valence-corrected chi connectivity index (χ4v) is 2.44. The van der Waals surface area contributed by atoms with Gasteiger partial charge in [-0.1, -0.05) is 17.3 Å². The Morgan fingerprint density at radius 1 is 1.16 bits per heavy atom. The minimum atomic E-state index is -4.38. The summed E-state index contributed by atoms with van der Waals surface area (Å²) in [6.07, 6.45) is -2.89. The molecule has 13 heteroatoms. The summed E-state index contributed by atoms with van der Waals surface area (Å²) in [5.41, 5.74) is 0.955. The van der Waals surface area contributed by atoms with E-state index in [1.165, 1.54) is 18.3 Å². The Balaban J connectivity index is 1.52. The molecule has 0 saturated carbocycles. The van der Waals surface area contributed by atoms with Crippen LogP contribution in [0.4, 0.5) is 13.2 Å². The van der Waals surface area contributed by atoms with E-state index >= 15 is 0 Å². The highest BCUT2D eigenvalue weighted by Crippen LogP contribution is 2.29. The van der Waals surface area contributed by atoms with Gasteiger partial charge < -0.3 is 14.7 Å². The first-order valence-electron chi connectivity index (χ1n) is 9.11. The van der Waals surface area contributed by atoms with E-state index < -0.39 is 17.7 Å². The van der Waals surface area contributed by atoms with Crippen LogP contribution in [0.5, 0.6) is 5.88 Å². The number of hydrogen-bond donors (Lipinski definition) is 1. The molecule has 0 fully saturated rings. The molecule has 2 aromatic heterocycles. The van der Waals surface area contributed by atoms with E-state index in [1.54, 1.807) is 19.1 Å². The number of benzene rings is 1. The van der Waals surface area contributed by atoms with Gasteiger partial charge in [0.25, 0.3) is 0 Å². The van der Waals surface area contributed by atoms with Gasteiger partial charge >= 0.3 is 12.1 Å². The van der Waals surface area contributed by atoms with Crippen molar-refractivity contribution in [2.75, 3.05) is 0 Å². The van der Waals surface area contributed by atoms with Crippen LogP contribution in [-0.2, 0) is 35.6 Å². The zero-order valence-electron chi connectivity index (χ0n) is 16.7. The van der Waals surface area contributed by atoms with Crippen molar-refractivity contribution in [1.82, 2.24) is 25.2 Å². The number of hydrogen-bond acceptors (Lipinski definition) is 8. The lowest BCUT2D eigenvalue weighted by atomic mass is 10.1. The molecule has 2 heterocycles. The monoisotopic (exact) mass is 450 g/mol. The summed E-state index contributed by atoms with van der Waals surface area (Å²) in [4.78, 5) is 20.1. The molecule has 3 aromatic rings. The van der Waals surface area contributed by atoms with Gasteiger partial charge in [-0.05, 0) is 41.1 Å². The van der Waals surface area contributed by atoms with Gasteiger partial charge in [0.15, 0.2) is 12.4 Å². The molecule has 32 heavy (non-hydrogen) atoms. The molecule has 0 aliphatic carbocycles. The molecular formula is C19H17F3N6O4. The molecule has 0 unspecified atom stereocenters.